The van der Waals surface area contributed by atoms with Crippen molar-refractivity contribution in [2.75, 3.05) is 0 Å². The van der Waals surface area contributed by atoms with Crippen molar-refractivity contribution < 1.29 is 18.1 Å². The molecule has 0 radical (unpaired) electrons. The highest BCUT2D eigenvalue weighted by molar-refractivity contribution is 6.62. The summed E-state index contributed by atoms with van der Waals surface area (Å²) < 4.78 is 40.7. The second kappa shape index (κ2) is 7.08. The third kappa shape index (κ3) is 3.72. The SMILES string of the molecule is CC1(C)OB(c2ccc(Cc3cnc(-c4ccccc4F)[nH]3)c(F)c2)OC1(C)C. The first kappa shape index (κ1) is 19.8. The lowest BCUT2D eigenvalue weighted by atomic mass is 9.78. The Kier molecular flexibility index (Phi) is 4.83. The number of nitrogens with one attached hydrogen (secondary N) is 1. The lowest BCUT2D eigenvalue weighted by molar-refractivity contribution is 0.00578. The predicted octanol–water partition coefficient (Wildman–Crippen LogP) is 4.24. The summed E-state index contributed by atoms with van der Waals surface area (Å²) in [5.74, 6) is -0.280. The van der Waals surface area contributed by atoms with Crippen LogP contribution in [0, 0.1) is 11.6 Å². The molecule has 0 aliphatic carbocycles. The van der Waals surface area contributed by atoms with Gasteiger partial charge in [-0.2, -0.15) is 0 Å². The minimum Gasteiger partial charge on any atom is -0.399 e. The lowest BCUT2D eigenvalue weighted by Gasteiger charge is -2.32. The Labute approximate surface area is 169 Å². The van der Waals surface area contributed by atoms with Gasteiger partial charge in [0.2, 0.25) is 0 Å². The van der Waals surface area contributed by atoms with Gasteiger partial charge in [-0.25, -0.2) is 13.8 Å². The number of aromatic nitrogens is 2. The minimum atomic E-state index is -0.608. The smallest absolute Gasteiger partial charge is 0.399 e. The average molecular weight is 396 g/mol. The van der Waals surface area contributed by atoms with Crippen molar-refractivity contribution in [2.45, 2.75) is 45.3 Å². The van der Waals surface area contributed by atoms with Crippen molar-refractivity contribution in [1.29, 1.82) is 0 Å². The van der Waals surface area contributed by atoms with Crippen LogP contribution in [0.25, 0.3) is 11.4 Å². The van der Waals surface area contributed by atoms with E-state index in [9.17, 15) is 8.78 Å². The van der Waals surface area contributed by atoms with E-state index in [2.05, 4.69) is 9.97 Å². The van der Waals surface area contributed by atoms with E-state index < -0.39 is 18.3 Å². The van der Waals surface area contributed by atoms with Gasteiger partial charge in [0.1, 0.15) is 17.5 Å². The topological polar surface area (TPSA) is 47.1 Å². The molecule has 2 heterocycles. The quantitative estimate of drug-likeness (QED) is 0.671. The molecule has 0 spiro atoms. The van der Waals surface area contributed by atoms with E-state index in [1.165, 1.54) is 12.1 Å². The maximum absolute atomic E-state index is 14.8. The highest BCUT2D eigenvalue weighted by Crippen LogP contribution is 2.36. The van der Waals surface area contributed by atoms with Gasteiger partial charge >= 0.3 is 7.12 Å². The molecule has 1 aromatic heterocycles. The molecule has 2 aromatic carbocycles. The maximum Gasteiger partial charge on any atom is 0.494 e. The largest absolute Gasteiger partial charge is 0.494 e. The highest BCUT2D eigenvalue weighted by Gasteiger charge is 2.51. The fraction of sp³-hybridized carbons (Fsp3) is 0.318. The lowest BCUT2D eigenvalue weighted by Crippen LogP contribution is -2.41. The third-order valence-electron chi connectivity index (χ3n) is 5.74. The van der Waals surface area contributed by atoms with Crippen LogP contribution in [-0.4, -0.2) is 28.3 Å². The fourth-order valence-corrected chi connectivity index (χ4v) is 3.28. The Bertz CT molecular complexity index is 1030. The Balaban J connectivity index is 1.52. The number of imidazole rings is 1. The Hall–Kier alpha value is -2.51. The molecule has 0 saturated carbocycles. The van der Waals surface area contributed by atoms with E-state index in [0.29, 0.717) is 34.5 Å². The summed E-state index contributed by atoms with van der Waals surface area (Å²) in [6.45, 7) is 7.85. The minimum absolute atomic E-state index is 0.316. The number of hydrogen-bond acceptors (Lipinski definition) is 3. The second-order valence-corrected chi connectivity index (χ2v) is 8.35. The summed E-state index contributed by atoms with van der Waals surface area (Å²) in [6, 6.07) is 11.4. The number of aromatic amines is 1. The van der Waals surface area contributed by atoms with Crippen LogP contribution in [0.3, 0.4) is 0 Å². The summed E-state index contributed by atoms with van der Waals surface area (Å²) in [4.78, 5) is 7.30. The highest BCUT2D eigenvalue weighted by atomic mass is 19.1. The molecule has 0 bridgehead atoms. The number of H-pyrrole nitrogens is 1. The van der Waals surface area contributed by atoms with Crippen molar-refractivity contribution in [1.82, 2.24) is 9.97 Å². The van der Waals surface area contributed by atoms with Crippen molar-refractivity contribution >= 4 is 12.6 Å². The molecule has 1 aliphatic rings. The zero-order chi connectivity index (χ0) is 20.8. The van der Waals surface area contributed by atoms with Crippen molar-refractivity contribution in [3.05, 3.63) is 71.6 Å². The number of benzene rings is 2. The van der Waals surface area contributed by atoms with E-state index >= 15 is 0 Å². The van der Waals surface area contributed by atoms with Gasteiger partial charge in [-0.05, 0) is 56.9 Å². The van der Waals surface area contributed by atoms with Crippen molar-refractivity contribution in [3.63, 3.8) is 0 Å². The van der Waals surface area contributed by atoms with E-state index in [1.807, 2.05) is 33.8 Å². The van der Waals surface area contributed by atoms with Crippen molar-refractivity contribution in [2.24, 2.45) is 0 Å². The summed E-state index contributed by atoms with van der Waals surface area (Å²) in [5, 5.41) is 0. The molecular weight excluding hydrogens is 373 g/mol. The second-order valence-electron chi connectivity index (χ2n) is 8.35. The molecule has 0 atom stereocenters. The molecule has 0 unspecified atom stereocenters. The maximum atomic E-state index is 14.8. The number of hydrogen-bond donors (Lipinski definition) is 1. The summed E-state index contributed by atoms with van der Waals surface area (Å²) in [6.07, 6.45) is 1.92. The first-order valence-corrected chi connectivity index (χ1v) is 9.59. The van der Waals surface area contributed by atoms with Crippen LogP contribution in [0.1, 0.15) is 39.0 Å². The van der Waals surface area contributed by atoms with Crippen molar-refractivity contribution in [3.8, 4) is 11.4 Å². The standard InChI is InChI=1S/C22H23BF2N2O2/c1-21(2)22(3,4)29-23(28-21)15-10-9-14(19(25)12-15)11-16-13-26-20(27-16)17-7-5-6-8-18(17)24/h5-10,12-13H,11H2,1-4H3,(H,26,27). The van der Waals surface area contributed by atoms with Crippen LogP contribution in [0.2, 0.25) is 0 Å². The molecule has 1 aliphatic heterocycles. The molecule has 4 rings (SSSR count). The number of nitrogens with zero attached hydrogens (tertiary/aromatic N) is 1. The first-order valence-electron chi connectivity index (χ1n) is 9.59. The van der Waals surface area contributed by atoms with Crippen LogP contribution in [0.4, 0.5) is 8.78 Å². The number of halogens is 2. The van der Waals surface area contributed by atoms with Gasteiger partial charge in [-0.3, -0.25) is 0 Å². The molecule has 3 aromatic rings. The normalized spacial score (nSPS) is 17.7. The Morgan fingerprint density at radius 1 is 0.966 bits per heavy atom. The fourth-order valence-electron chi connectivity index (χ4n) is 3.28. The molecule has 0 amide bonds. The molecule has 1 fully saturated rings. The summed E-state index contributed by atoms with van der Waals surface area (Å²) in [7, 11) is -0.608. The summed E-state index contributed by atoms with van der Waals surface area (Å²) >= 11 is 0. The number of rotatable bonds is 4. The predicted molar refractivity (Wildman–Crippen MR) is 109 cm³/mol. The first-order chi connectivity index (χ1) is 13.7. The molecule has 1 N–H and O–H groups in total. The molecular formula is C22H23BF2N2O2. The zero-order valence-electron chi connectivity index (χ0n) is 16.9. The Morgan fingerprint density at radius 2 is 1.66 bits per heavy atom. The molecule has 150 valence electrons. The van der Waals surface area contributed by atoms with Crippen LogP contribution < -0.4 is 5.46 Å². The molecule has 29 heavy (non-hydrogen) atoms. The zero-order valence-corrected chi connectivity index (χ0v) is 16.9. The van der Waals surface area contributed by atoms with Crippen LogP contribution >= 0.6 is 0 Å². The average Bonchev–Trinajstić information content (AvgIpc) is 3.19. The monoisotopic (exact) mass is 396 g/mol. The Morgan fingerprint density at radius 3 is 2.31 bits per heavy atom. The van der Waals surface area contributed by atoms with Gasteiger partial charge < -0.3 is 14.3 Å². The van der Waals surface area contributed by atoms with E-state index in [0.717, 1.165) is 0 Å². The molecule has 4 nitrogen and oxygen atoms in total. The van der Waals surface area contributed by atoms with Gasteiger partial charge in [0.05, 0.1) is 16.8 Å². The van der Waals surface area contributed by atoms with E-state index in [-0.39, 0.29) is 11.6 Å². The van der Waals surface area contributed by atoms with Crippen LogP contribution in [-0.2, 0) is 15.7 Å². The van der Waals surface area contributed by atoms with Gasteiger partial charge in [-0.1, -0.05) is 24.3 Å². The van der Waals surface area contributed by atoms with E-state index in [1.54, 1.807) is 30.5 Å². The van der Waals surface area contributed by atoms with Gasteiger partial charge in [0.25, 0.3) is 0 Å². The molecule has 7 heteroatoms. The van der Waals surface area contributed by atoms with E-state index in [4.69, 9.17) is 9.31 Å². The van der Waals surface area contributed by atoms with Crippen LogP contribution in [0.15, 0.2) is 48.7 Å². The summed E-state index contributed by atoms with van der Waals surface area (Å²) in [5.41, 5.74) is 1.27. The third-order valence-corrected chi connectivity index (χ3v) is 5.74. The van der Waals surface area contributed by atoms with Gasteiger partial charge in [0.15, 0.2) is 0 Å². The van der Waals surface area contributed by atoms with Gasteiger partial charge in [0, 0.05) is 18.3 Å². The molecule has 1 saturated heterocycles. The van der Waals surface area contributed by atoms with Gasteiger partial charge in [-0.15, -0.1) is 0 Å². The van der Waals surface area contributed by atoms with Crippen LogP contribution in [0.5, 0.6) is 0 Å².